The lowest BCUT2D eigenvalue weighted by Crippen LogP contribution is -2.27. The molecule has 1 saturated heterocycles. The number of thioether (sulfide) groups is 1. The zero-order chi connectivity index (χ0) is 15.0. The lowest BCUT2D eigenvalue weighted by Gasteiger charge is -2.24. The molecule has 21 heavy (non-hydrogen) atoms. The predicted octanol–water partition coefficient (Wildman–Crippen LogP) is 2.58. The third-order valence-corrected chi connectivity index (χ3v) is 4.42. The average molecular weight is 303 g/mol. The molecule has 1 unspecified atom stereocenters. The van der Waals surface area contributed by atoms with E-state index in [-0.39, 0.29) is 28.5 Å². The third kappa shape index (κ3) is 2.62. The Morgan fingerprint density at radius 3 is 2.19 bits per heavy atom. The van der Waals surface area contributed by atoms with Crippen molar-refractivity contribution < 1.29 is 20.1 Å². The Balaban J connectivity index is 2.01. The molecule has 1 aliphatic rings. The summed E-state index contributed by atoms with van der Waals surface area (Å²) in [6, 6.07) is 10.7. The first-order chi connectivity index (χ1) is 10.0. The van der Waals surface area contributed by atoms with Gasteiger partial charge in [0.15, 0.2) is 0 Å². The van der Waals surface area contributed by atoms with Crippen molar-refractivity contribution in [2.75, 3.05) is 10.7 Å². The third-order valence-electron chi connectivity index (χ3n) is 3.21. The molecule has 2 aromatic rings. The molecule has 6 heteroatoms. The molecule has 1 fully saturated rings. The van der Waals surface area contributed by atoms with Gasteiger partial charge >= 0.3 is 0 Å². The maximum atomic E-state index is 12.1. The number of nitrogens with zero attached hydrogens (tertiary/aromatic N) is 1. The molecule has 1 aliphatic heterocycles. The second kappa shape index (κ2) is 5.21. The van der Waals surface area contributed by atoms with Gasteiger partial charge in [-0.2, -0.15) is 0 Å². The van der Waals surface area contributed by atoms with Gasteiger partial charge in [-0.3, -0.25) is 9.69 Å². The van der Waals surface area contributed by atoms with Crippen molar-refractivity contribution in [2.45, 2.75) is 5.37 Å². The predicted molar refractivity (Wildman–Crippen MR) is 80.6 cm³/mol. The summed E-state index contributed by atoms with van der Waals surface area (Å²) < 4.78 is 0. The summed E-state index contributed by atoms with van der Waals surface area (Å²) in [6.07, 6.45) is 0. The van der Waals surface area contributed by atoms with Crippen LogP contribution in [0.25, 0.3) is 0 Å². The summed E-state index contributed by atoms with van der Waals surface area (Å²) in [7, 11) is 0. The van der Waals surface area contributed by atoms with Gasteiger partial charge < -0.3 is 15.3 Å². The van der Waals surface area contributed by atoms with Gasteiger partial charge in [0, 0.05) is 11.8 Å². The number of carbonyl (C=O) groups is 1. The van der Waals surface area contributed by atoms with Crippen molar-refractivity contribution in [3.63, 3.8) is 0 Å². The minimum Gasteiger partial charge on any atom is -0.508 e. The molecule has 1 amide bonds. The maximum absolute atomic E-state index is 12.1. The molecule has 3 rings (SSSR count). The van der Waals surface area contributed by atoms with E-state index in [4.69, 9.17) is 0 Å². The summed E-state index contributed by atoms with van der Waals surface area (Å²) in [4.78, 5) is 13.7. The van der Waals surface area contributed by atoms with Crippen LogP contribution in [0.2, 0.25) is 0 Å². The van der Waals surface area contributed by atoms with Crippen molar-refractivity contribution in [2.24, 2.45) is 0 Å². The van der Waals surface area contributed by atoms with Gasteiger partial charge in [0.05, 0.1) is 5.75 Å². The molecule has 0 aromatic heterocycles. The Morgan fingerprint density at radius 1 is 0.952 bits per heavy atom. The fourth-order valence-corrected chi connectivity index (χ4v) is 3.48. The monoisotopic (exact) mass is 303 g/mol. The van der Waals surface area contributed by atoms with E-state index < -0.39 is 0 Å². The molecule has 3 N–H and O–H groups in total. The molecule has 1 heterocycles. The number of benzene rings is 2. The number of carbonyl (C=O) groups excluding carboxylic acids is 1. The van der Waals surface area contributed by atoms with Crippen LogP contribution in [-0.4, -0.2) is 27.0 Å². The molecule has 0 radical (unpaired) electrons. The first kappa shape index (κ1) is 13.6. The highest BCUT2D eigenvalue weighted by molar-refractivity contribution is 8.00. The zero-order valence-electron chi connectivity index (χ0n) is 10.9. The molecular formula is C15H13NO4S. The number of hydrogen-bond acceptors (Lipinski definition) is 5. The van der Waals surface area contributed by atoms with Crippen LogP contribution in [0.5, 0.6) is 17.2 Å². The number of phenols is 3. The van der Waals surface area contributed by atoms with E-state index in [0.717, 1.165) is 0 Å². The molecule has 2 aromatic carbocycles. The van der Waals surface area contributed by atoms with Gasteiger partial charge in [0.2, 0.25) is 5.91 Å². The molecule has 108 valence electrons. The van der Waals surface area contributed by atoms with E-state index in [1.54, 1.807) is 17.0 Å². The zero-order valence-corrected chi connectivity index (χ0v) is 11.7. The fraction of sp³-hybridized carbons (Fsp3) is 0.133. The molecule has 0 saturated carbocycles. The number of phenolic OH excluding ortho intramolecular Hbond substituents is 3. The molecular weight excluding hydrogens is 290 g/mol. The number of hydrogen-bond donors (Lipinski definition) is 3. The molecule has 5 nitrogen and oxygen atoms in total. The second-order valence-corrected chi connectivity index (χ2v) is 5.79. The maximum Gasteiger partial charge on any atom is 0.238 e. The van der Waals surface area contributed by atoms with E-state index in [1.807, 2.05) is 0 Å². The van der Waals surface area contributed by atoms with Crippen LogP contribution in [0.4, 0.5) is 5.69 Å². The van der Waals surface area contributed by atoms with Crippen LogP contribution in [0.1, 0.15) is 10.9 Å². The molecule has 0 spiro atoms. The van der Waals surface area contributed by atoms with Crippen LogP contribution in [-0.2, 0) is 4.79 Å². The van der Waals surface area contributed by atoms with Crippen LogP contribution >= 0.6 is 11.8 Å². The van der Waals surface area contributed by atoms with Crippen molar-refractivity contribution in [1.82, 2.24) is 0 Å². The van der Waals surface area contributed by atoms with Crippen LogP contribution in [0.3, 0.4) is 0 Å². The highest BCUT2D eigenvalue weighted by Crippen LogP contribution is 2.43. The topological polar surface area (TPSA) is 81.0 Å². The van der Waals surface area contributed by atoms with E-state index in [0.29, 0.717) is 17.0 Å². The van der Waals surface area contributed by atoms with Gasteiger partial charge in [-0.05, 0) is 42.0 Å². The summed E-state index contributed by atoms with van der Waals surface area (Å²) in [5.41, 5.74) is 1.31. The van der Waals surface area contributed by atoms with E-state index in [2.05, 4.69) is 0 Å². The SMILES string of the molecule is O=C1CSC(c2cc(O)cc(O)c2)N1c1ccc(O)cc1. The number of amides is 1. The minimum absolute atomic E-state index is 0.0457. The largest absolute Gasteiger partial charge is 0.508 e. The standard InChI is InChI=1S/C15H13NO4S/c17-11-3-1-10(2-4-11)16-14(20)8-21-15(16)9-5-12(18)7-13(19)6-9/h1-7,15,17-19H,8H2. The normalized spacial score (nSPS) is 18.2. The Labute approximate surface area is 125 Å². The van der Waals surface area contributed by atoms with Crippen LogP contribution in [0, 0.1) is 0 Å². The van der Waals surface area contributed by atoms with Crippen molar-refractivity contribution in [1.29, 1.82) is 0 Å². The summed E-state index contributed by atoms with van der Waals surface area (Å²) in [6.45, 7) is 0. The minimum atomic E-state index is -0.319. The van der Waals surface area contributed by atoms with Gasteiger partial charge in [-0.15, -0.1) is 11.8 Å². The number of aromatic hydroxyl groups is 3. The Morgan fingerprint density at radius 2 is 1.57 bits per heavy atom. The Kier molecular flexibility index (Phi) is 3.39. The lowest BCUT2D eigenvalue weighted by atomic mass is 10.1. The average Bonchev–Trinajstić information content (AvgIpc) is 2.80. The second-order valence-electron chi connectivity index (χ2n) is 4.73. The van der Waals surface area contributed by atoms with E-state index in [1.165, 1.54) is 42.1 Å². The van der Waals surface area contributed by atoms with Gasteiger partial charge in [0.1, 0.15) is 22.6 Å². The fourth-order valence-electron chi connectivity index (χ4n) is 2.32. The van der Waals surface area contributed by atoms with Crippen molar-refractivity contribution in [3.8, 4) is 17.2 Å². The highest BCUT2D eigenvalue weighted by atomic mass is 32.2. The smallest absolute Gasteiger partial charge is 0.238 e. The van der Waals surface area contributed by atoms with Gasteiger partial charge in [-0.1, -0.05) is 0 Å². The number of anilines is 1. The number of rotatable bonds is 2. The lowest BCUT2D eigenvalue weighted by molar-refractivity contribution is -0.115. The van der Waals surface area contributed by atoms with E-state index in [9.17, 15) is 20.1 Å². The van der Waals surface area contributed by atoms with E-state index >= 15 is 0 Å². The quantitative estimate of drug-likeness (QED) is 0.794. The van der Waals surface area contributed by atoms with Crippen molar-refractivity contribution >= 4 is 23.4 Å². The molecule has 1 atom stereocenters. The summed E-state index contributed by atoms with van der Waals surface area (Å²) >= 11 is 1.42. The van der Waals surface area contributed by atoms with Crippen LogP contribution in [0.15, 0.2) is 42.5 Å². The van der Waals surface area contributed by atoms with Crippen molar-refractivity contribution in [3.05, 3.63) is 48.0 Å². The van der Waals surface area contributed by atoms with Gasteiger partial charge in [-0.25, -0.2) is 0 Å². The molecule has 0 aliphatic carbocycles. The first-order valence-corrected chi connectivity index (χ1v) is 7.35. The molecule has 0 bridgehead atoms. The summed E-state index contributed by atoms with van der Waals surface area (Å²) in [5.74, 6) is 0.302. The van der Waals surface area contributed by atoms with Crippen LogP contribution < -0.4 is 4.90 Å². The Bertz CT molecular complexity index is 666. The van der Waals surface area contributed by atoms with Gasteiger partial charge in [0.25, 0.3) is 0 Å². The Hall–Kier alpha value is -2.34. The first-order valence-electron chi connectivity index (χ1n) is 6.30. The summed E-state index contributed by atoms with van der Waals surface area (Å²) in [5, 5.41) is 28.2. The highest BCUT2D eigenvalue weighted by Gasteiger charge is 2.34.